The van der Waals surface area contributed by atoms with Gasteiger partial charge in [0.25, 0.3) is 11.4 Å². The Morgan fingerprint density at radius 3 is 1.51 bits per heavy atom. The lowest BCUT2D eigenvalue weighted by atomic mass is 9.99. The third-order valence-electron chi connectivity index (χ3n) is 12.4. The average Bonchev–Trinajstić information content (AvgIpc) is 3.81. The minimum absolute atomic E-state index is 0.00127. The molecular formula is C50H69N19O12. The van der Waals surface area contributed by atoms with Gasteiger partial charge in [-0.3, -0.25) is 68.8 Å². The van der Waals surface area contributed by atoms with E-state index >= 15 is 0 Å². The summed E-state index contributed by atoms with van der Waals surface area (Å²) in [6.45, 7) is 1.29. The fraction of sp³-hybridized carbons (Fsp3) is 0.400. The number of nitro benzene ring substituents is 2. The highest BCUT2D eigenvalue weighted by Crippen LogP contribution is 2.26. The van der Waals surface area contributed by atoms with Crippen molar-refractivity contribution in [2.45, 2.75) is 107 Å². The topological polar surface area (TPSA) is 533 Å². The van der Waals surface area contributed by atoms with Gasteiger partial charge in [0.05, 0.1) is 15.9 Å². The maximum Gasteiger partial charge on any atom is 0.279 e. The summed E-state index contributed by atoms with van der Waals surface area (Å²) >= 11 is 0. The van der Waals surface area contributed by atoms with Crippen LogP contribution in [-0.2, 0) is 52.8 Å². The van der Waals surface area contributed by atoms with Gasteiger partial charge < -0.3 is 82.1 Å². The predicted octanol–water partition coefficient (Wildman–Crippen LogP) is -2.32. The summed E-state index contributed by atoms with van der Waals surface area (Å²) in [5.74, 6) is -7.03. The number of aromatic amines is 1. The molecule has 7 amide bonds. The highest BCUT2D eigenvalue weighted by Gasteiger charge is 2.34. The number of fused-ring (bicyclic) bond motifs is 1. The van der Waals surface area contributed by atoms with Crippen LogP contribution >= 0.6 is 0 Å². The lowest BCUT2D eigenvalue weighted by Crippen LogP contribution is -2.60. The molecule has 4 aromatic rings. The van der Waals surface area contributed by atoms with Crippen LogP contribution in [0.5, 0.6) is 5.75 Å². The first-order chi connectivity index (χ1) is 38.4. The number of phenols is 1. The van der Waals surface area contributed by atoms with Gasteiger partial charge in [0.2, 0.25) is 41.4 Å². The summed E-state index contributed by atoms with van der Waals surface area (Å²) in [6, 6.07) is 6.76. The zero-order valence-electron chi connectivity index (χ0n) is 44.3. The monoisotopic (exact) mass is 1130 g/mol. The molecule has 0 saturated heterocycles. The molecule has 0 spiro atoms. The fourth-order valence-corrected chi connectivity index (χ4v) is 8.36. The van der Waals surface area contributed by atoms with Gasteiger partial charge in [-0.25, -0.2) is 0 Å². The molecule has 0 radical (unpaired) electrons. The van der Waals surface area contributed by atoms with E-state index in [1.165, 1.54) is 31.2 Å². The van der Waals surface area contributed by atoms with E-state index < -0.39 is 105 Å². The van der Waals surface area contributed by atoms with Crippen molar-refractivity contribution < 1.29 is 48.5 Å². The second kappa shape index (κ2) is 31.3. The van der Waals surface area contributed by atoms with E-state index in [0.29, 0.717) is 22.0 Å². The first-order valence-corrected chi connectivity index (χ1v) is 25.4. The fourth-order valence-electron chi connectivity index (χ4n) is 8.36. The number of hydrogen-bond donors (Lipinski definition) is 15. The minimum Gasteiger partial charge on any atom is -0.508 e. The van der Waals surface area contributed by atoms with E-state index in [2.05, 4.69) is 51.9 Å². The number of para-hydroxylation sites is 1. The van der Waals surface area contributed by atoms with Crippen molar-refractivity contribution in [2.75, 3.05) is 19.6 Å². The average molecular weight is 1130 g/mol. The number of nitrogens with two attached hydrogens (primary N) is 7. The summed E-state index contributed by atoms with van der Waals surface area (Å²) in [7, 11) is 0. The Labute approximate surface area is 463 Å². The van der Waals surface area contributed by atoms with Crippen molar-refractivity contribution in [1.82, 2.24) is 36.9 Å². The van der Waals surface area contributed by atoms with Gasteiger partial charge in [0, 0.05) is 68.1 Å². The third kappa shape index (κ3) is 21.3. The van der Waals surface area contributed by atoms with E-state index in [0.717, 1.165) is 18.2 Å². The summed E-state index contributed by atoms with van der Waals surface area (Å²) < 4.78 is 0. The van der Waals surface area contributed by atoms with Crippen LogP contribution in [0.1, 0.15) is 68.6 Å². The number of H-pyrrole nitrogens is 1. The normalized spacial score (nSPS) is 13.0. The summed E-state index contributed by atoms with van der Waals surface area (Å²) in [5.41, 5.74) is 38.9. The molecule has 0 unspecified atom stereocenters. The van der Waals surface area contributed by atoms with Crippen LogP contribution < -0.4 is 72.0 Å². The van der Waals surface area contributed by atoms with E-state index in [1.807, 2.05) is 0 Å². The molecule has 0 bridgehead atoms. The van der Waals surface area contributed by atoms with Gasteiger partial charge in [-0.15, -0.1) is 0 Å². The number of nitrogens with one attached hydrogen (secondary N) is 7. The van der Waals surface area contributed by atoms with Crippen molar-refractivity contribution >= 4 is 81.5 Å². The lowest BCUT2D eigenvalue weighted by Gasteiger charge is -2.28. The molecule has 22 N–H and O–H groups in total. The molecule has 0 aliphatic heterocycles. The Morgan fingerprint density at radius 1 is 0.556 bits per heavy atom. The van der Waals surface area contributed by atoms with E-state index in [1.54, 1.807) is 30.5 Å². The second-order valence-corrected chi connectivity index (χ2v) is 18.6. The van der Waals surface area contributed by atoms with E-state index in [-0.39, 0.29) is 107 Å². The predicted molar refractivity (Wildman–Crippen MR) is 298 cm³/mol. The number of nitro groups is 2. The largest absolute Gasteiger partial charge is 0.508 e. The molecule has 81 heavy (non-hydrogen) atoms. The molecule has 31 nitrogen and oxygen atoms in total. The summed E-state index contributed by atoms with van der Waals surface area (Å²) in [5, 5.41) is 50.2. The number of nitrogens with zero attached hydrogens (tertiary/aromatic N) is 5. The van der Waals surface area contributed by atoms with Crippen LogP contribution in [0, 0.1) is 20.2 Å². The zero-order valence-corrected chi connectivity index (χ0v) is 44.3. The van der Waals surface area contributed by atoms with Crippen molar-refractivity contribution in [3.63, 3.8) is 0 Å². The first kappa shape index (κ1) is 63.4. The number of benzene rings is 3. The van der Waals surface area contributed by atoms with Gasteiger partial charge in [-0.2, -0.15) is 0 Å². The van der Waals surface area contributed by atoms with Crippen LogP contribution in [0.4, 0.5) is 11.4 Å². The van der Waals surface area contributed by atoms with Crippen LogP contribution in [0.3, 0.4) is 0 Å². The molecule has 0 aliphatic carbocycles. The molecule has 436 valence electrons. The van der Waals surface area contributed by atoms with Gasteiger partial charge in [-0.05, 0) is 86.8 Å². The molecule has 0 fully saturated rings. The van der Waals surface area contributed by atoms with Gasteiger partial charge >= 0.3 is 0 Å². The highest BCUT2D eigenvalue weighted by atomic mass is 16.6. The molecule has 0 aliphatic rings. The SMILES string of the molecule is CC(=O)N[C@@H](CCCN=C(N)N)C(=O)N[C@@H](Cc1ccc(O)cc1)C(=O)N[C@@H](CCc1ccc([N+](=O)[O-])cc1[N+](=O)[O-])C(=O)N[C@@H](CCCN=C(N)N)C(=O)N[C@@H](Cc1c[nH]c2ccccc12)C(=O)N[C@@H](CCCN=C(N)N)C(N)=O. The van der Waals surface area contributed by atoms with E-state index in [4.69, 9.17) is 40.1 Å². The van der Waals surface area contributed by atoms with Crippen LogP contribution in [0.15, 0.2) is 87.9 Å². The number of primary amides is 1. The second-order valence-electron chi connectivity index (χ2n) is 18.6. The van der Waals surface area contributed by atoms with Crippen molar-refractivity contribution in [3.8, 4) is 5.75 Å². The maximum absolute atomic E-state index is 14.8. The Morgan fingerprint density at radius 2 is 1.01 bits per heavy atom. The summed E-state index contributed by atoms with van der Waals surface area (Å²) in [4.78, 5) is 134. The molecule has 31 heteroatoms. The van der Waals surface area contributed by atoms with Crippen molar-refractivity contribution in [1.29, 1.82) is 0 Å². The zero-order chi connectivity index (χ0) is 59.8. The number of amides is 7. The van der Waals surface area contributed by atoms with Crippen LogP contribution in [-0.4, -0.2) is 135 Å². The standard InChI is InChI=1S/C50H69N19O12/c1-27(70)62-36(10-5-21-59-49(54)55)43(73)66-39(23-28-12-17-32(71)18-13-28)46(76)65-38(19-15-29-14-16-31(68(78)79)25-41(29)69(80)81)45(75)64-37(11-6-22-60-50(56)57)44(74)67-40(24-30-26-61-34-8-3-2-7-33(30)34)47(77)63-35(42(51)72)9-4-20-58-48(52)53/h2-3,7-8,12-14,16-18,25-26,35-40,61,71H,4-6,9-11,15,19-24H2,1H3,(H2,51,72)(H,62,70)(H,63,77)(H,64,75)(H,65,76)(H,66,73)(H,67,74)(H4,52,53,58)(H4,54,55,59)(H4,56,57,60)/t35-,36-,37-,38-,39-,40-/m0/s1. The number of carbonyl (C=O) groups is 7. The molecule has 0 saturated carbocycles. The van der Waals surface area contributed by atoms with Gasteiger partial charge in [0.15, 0.2) is 17.9 Å². The first-order valence-electron chi connectivity index (χ1n) is 25.4. The number of hydrogen-bond acceptors (Lipinski definition) is 15. The van der Waals surface area contributed by atoms with Gasteiger partial charge in [-0.1, -0.05) is 30.3 Å². The number of rotatable bonds is 33. The third-order valence-corrected chi connectivity index (χ3v) is 12.4. The highest BCUT2D eigenvalue weighted by molar-refractivity contribution is 5.97. The number of non-ortho nitro benzene ring substituents is 1. The quantitative estimate of drug-likeness (QED) is 0.00783. The van der Waals surface area contributed by atoms with Crippen LogP contribution in [0.2, 0.25) is 0 Å². The molecule has 3 aromatic carbocycles. The van der Waals surface area contributed by atoms with E-state index in [9.17, 15) is 58.9 Å². The Kier molecular flexibility index (Phi) is 24.5. The minimum atomic E-state index is -1.72. The number of phenolic OH excluding ortho intramolecular Hbond substituents is 1. The molecule has 4 rings (SSSR count). The maximum atomic E-state index is 14.8. The smallest absolute Gasteiger partial charge is 0.279 e. The lowest BCUT2D eigenvalue weighted by molar-refractivity contribution is -0.394. The van der Waals surface area contributed by atoms with Gasteiger partial charge in [0.1, 0.15) is 42.0 Å². The van der Waals surface area contributed by atoms with Crippen LogP contribution in [0.25, 0.3) is 10.9 Å². The number of carbonyl (C=O) groups excluding carboxylic acids is 7. The Hall–Kier alpha value is -10.1. The van der Waals surface area contributed by atoms with Crippen molar-refractivity contribution in [3.05, 3.63) is 110 Å². The molecular weight excluding hydrogens is 1060 g/mol. The number of aromatic hydroxyl groups is 1. The Bertz CT molecular complexity index is 2970. The molecule has 1 heterocycles. The molecule has 1 aromatic heterocycles. The molecule has 6 atom stereocenters. The Balaban J connectivity index is 1.78. The summed E-state index contributed by atoms with van der Waals surface area (Å²) in [6.07, 6.45) is 0.556. The number of aryl methyl sites for hydroxylation is 1. The van der Waals surface area contributed by atoms with Crippen molar-refractivity contribution in [2.24, 2.45) is 55.1 Å². The number of aromatic nitrogens is 1. The number of guanidine groups is 3. The number of aliphatic imine (C=N–C) groups is 3.